The van der Waals surface area contributed by atoms with Gasteiger partial charge in [0.2, 0.25) is 5.91 Å². The summed E-state index contributed by atoms with van der Waals surface area (Å²) >= 11 is 0. The van der Waals surface area contributed by atoms with E-state index in [4.69, 9.17) is 5.73 Å². The Bertz CT molecular complexity index is 1180. The normalized spacial score (nSPS) is 16.6. The zero-order valence-electron chi connectivity index (χ0n) is 16.8. The van der Waals surface area contributed by atoms with Gasteiger partial charge in [-0.25, -0.2) is 0 Å². The van der Waals surface area contributed by atoms with E-state index in [1.165, 1.54) is 10.6 Å². The molecule has 0 spiro atoms. The molecule has 1 aromatic heterocycles. The van der Waals surface area contributed by atoms with E-state index in [9.17, 15) is 14.4 Å². The van der Waals surface area contributed by atoms with E-state index in [0.29, 0.717) is 28.7 Å². The highest BCUT2D eigenvalue weighted by molar-refractivity contribution is 6.12. The minimum absolute atomic E-state index is 0.242. The number of rotatable bonds is 5. The maximum atomic E-state index is 13.1. The summed E-state index contributed by atoms with van der Waals surface area (Å²) in [6, 6.07) is 15.9. The molecule has 1 unspecified atom stereocenters. The first-order chi connectivity index (χ1) is 14.5. The smallest absolute Gasteiger partial charge is 0.256 e. The lowest BCUT2D eigenvalue weighted by atomic mass is 10.1. The molecule has 3 aromatic rings. The molecule has 154 valence electrons. The summed E-state index contributed by atoms with van der Waals surface area (Å²) in [5.41, 5.74) is 7.87. The number of aromatic nitrogens is 1. The zero-order valence-corrected chi connectivity index (χ0v) is 16.8. The van der Waals surface area contributed by atoms with Crippen molar-refractivity contribution in [3.8, 4) is 0 Å². The second kappa shape index (κ2) is 8.12. The van der Waals surface area contributed by atoms with Gasteiger partial charge in [0.05, 0.1) is 17.1 Å². The number of benzene rings is 2. The van der Waals surface area contributed by atoms with Crippen LogP contribution in [0.4, 0.5) is 5.69 Å². The van der Waals surface area contributed by atoms with Gasteiger partial charge in [0.1, 0.15) is 0 Å². The fraction of sp³-hybridized carbons (Fsp3) is 0.261. The largest absolute Gasteiger partial charge is 0.368 e. The summed E-state index contributed by atoms with van der Waals surface area (Å²) in [4.78, 5) is 39.2. The highest BCUT2D eigenvalue weighted by Gasteiger charge is 2.29. The van der Waals surface area contributed by atoms with Crippen LogP contribution in [0.3, 0.4) is 0 Å². The number of hydrogen-bond acceptors (Lipinski definition) is 4. The molecule has 2 amide bonds. The van der Waals surface area contributed by atoms with Crippen LogP contribution in [0.2, 0.25) is 0 Å². The molecular formula is C23H24N4O3. The summed E-state index contributed by atoms with van der Waals surface area (Å²) in [5, 5.41) is 3.66. The zero-order chi connectivity index (χ0) is 21.3. The maximum absolute atomic E-state index is 13.1. The van der Waals surface area contributed by atoms with Crippen LogP contribution in [0, 0.1) is 0 Å². The van der Waals surface area contributed by atoms with Crippen molar-refractivity contribution in [3.05, 3.63) is 76.1 Å². The molecule has 2 heterocycles. The van der Waals surface area contributed by atoms with Gasteiger partial charge in [-0.05, 0) is 37.1 Å². The van der Waals surface area contributed by atoms with Crippen LogP contribution in [0.15, 0.2) is 59.4 Å². The molecule has 1 atom stereocenters. The molecule has 1 saturated heterocycles. The van der Waals surface area contributed by atoms with Crippen molar-refractivity contribution in [3.63, 3.8) is 0 Å². The number of amides is 2. The molecule has 4 rings (SSSR count). The van der Waals surface area contributed by atoms with Gasteiger partial charge in [0.25, 0.3) is 11.5 Å². The molecule has 2 aromatic carbocycles. The fourth-order valence-electron chi connectivity index (χ4n) is 4.12. The molecule has 30 heavy (non-hydrogen) atoms. The third-order valence-corrected chi connectivity index (χ3v) is 5.73. The van der Waals surface area contributed by atoms with Crippen molar-refractivity contribution in [2.24, 2.45) is 12.8 Å². The van der Waals surface area contributed by atoms with Crippen molar-refractivity contribution in [2.75, 3.05) is 11.9 Å². The van der Waals surface area contributed by atoms with E-state index in [-0.39, 0.29) is 23.4 Å². The predicted molar refractivity (Wildman–Crippen MR) is 116 cm³/mol. The van der Waals surface area contributed by atoms with E-state index in [1.54, 1.807) is 7.05 Å². The fourth-order valence-corrected chi connectivity index (χ4v) is 4.12. The first-order valence-electron chi connectivity index (χ1n) is 9.97. The quantitative estimate of drug-likeness (QED) is 0.681. The van der Waals surface area contributed by atoms with Gasteiger partial charge in [-0.2, -0.15) is 0 Å². The number of pyridine rings is 1. The third-order valence-electron chi connectivity index (χ3n) is 5.73. The number of nitrogens with zero attached hydrogens (tertiary/aromatic N) is 2. The number of nitrogens with one attached hydrogen (secondary N) is 1. The SMILES string of the molecule is Cn1c(=O)cc(C(=O)Nc2ccccc2CN2CCCC2C(N)=O)c2ccccc21. The molecule has 1 fully saturated rings. The van der Waals surface area contributed by atoms with Gasteiger partial charge in [-0.3, -0.25) is 19.3 Å². The molecule has 3 N–H and O–H groups in total. The molecule has 0 radical (unpaired) electrons. The van der Waals surface area contributed by atoms with Crippen LogP contribution in [0.1, 0.15) is 28.8 Å². The molecule has 1 aliphatic rings. The third kappa shape index (κ3) is 3.71. The number of aryl methyl sites for hydroxylation is 1. The molecule has 0 saturated carbocycles. The van der Waals surface area contributed by atoms with Crippen LogP contribution in [-0.2, 0) is 18.4 Å². The van der Waals surface area contributed by atoms with Gasteiger partial charge in [-0.1, -0.05) is 36.4 Å². The van der Waals surface area contributed by atoms with E-state index in [2.05, 4.69) is 5.32 Å². The lowest BCUT2D eigenvalue weighted by Crippen LogP contribution is -2.39. The number of primary amides is 1. The van der Waals surface area contributed by atoms with E-state index in [0.717, 1.165) is 24.9 Å². The monoisotopic (exact) mass is 404 g/mol. The maximum Gasteiger partial charge on any atom is 0.256 e. The Kier molecular flexibility index (Phi) is 5.37. The summed E-state index contributed by atoms with van der Waals surface area (Å²) < 4.78 is 1.53. The Morgan fingerprint density at radius 1 is 1.13 bits per heavy atom. The lowest BCUT2D eigenvalue weighted by molar-refractivity contribution is -0.122. The Balaban J connectivity index is 1.64. The van der Waals surface area contributed by atoms with Crippen LogP contribution >= 0.6 is 0 Å². The number of carbonyl (C=O) groups excluding carboxylic acids is 2. The minimum atomic E-state index is -0.343. The summed E-state index contributed by atoms with van der Waals surface area (Å²) in [7, 11) is 1.69. The van der Waals surface area contributed by atoms with Gasteiger partial charge < -0.3 is 15.6 Å². The van der Waals surface area contributed by atoms with Crippen molar-refractivity contribution in [1.82, 2.24) is 9.47 Å². The summed E-state index contributed by atoms with van der Waals surface area (Å²) in [6.45, 7) is 1.30. The van der Waals surface area contributed by atoms with Crippen molar-refractivity contribution < 1.29 is 9.59 Å². The average molecular weight is 404 g/mol. The molecule has 7 nitrogen and oxygen atoms in total. The Morgan fingerprint density at radius 2 is 1.87 bits per heavy atom. The lowest BCUT2D eigenvalue weighted by Gasteiger charge is -2.23. The number of carbonyl (C=O) groups is 2. The highest BCUT2D eigenvalue weighted by atomic mass is 16.2. The number of likely N-dealkylation sites (tertiary alicyclic amines) is 1. The summed E-state index contributed by atoms with van der Waals surface area (Å²) in [5.74, 6) is -0.662. The number of fused-ring (bicyclic) bond motifs is 1. The molecule has 1 aliphatic heterocycles. The topological polar surface area (TPSA) is 97.4 Å². The summed E-state index contributed by atoms with van der Waals surface area (Å²) in [6.07, 6.45) is 1.67. The second-order valence-electron chi connectivity index (χ2n) is 7.61. The number of para-hydroxylation sites is 2. The first-order valence-corrected chi connectivity index (χ1v) is 9.97. The van der Waals surface area contributed by atoms with Crippen LogP contribution in [0.5, 0.6) is 0 Å². The highest BCUT2D eigenvalue weighted by Crippen LogP contribution is 2.25. The van der Waals surface area contributed by atoms with Gasteiger partial charge in [0, 0.05) is 30.7 Å². The van der Waals surface area contributed by atoms with Gasteiger partial charge >= 0.3 is 0 Å². The predicted octanol–water partition coefficient (Wildman–Crippen LogP) is 2.24. The van der Waals surface area contributed by atoms with Crippen molar-refractivity contribution >= 4 is 28.4 Å². The molecule has 0 aliphatic carbocycles. The van der Waals surface area contributed by atoms with Crippen LogP contribution < -0.4 is 16.6 Å². The van der Waals surface area contributed by atoms with E-state index < -0.39 is 0 Å². The number of anilines is 1. The molecule has 0 bridgehead atoms. The number of nitrogens with two attached hydrogens (primary N) is 1. The Morgan fingerprint density at radius 3 is 2.67 bits per heavy atom. The van der Waals surface area contributed by atoms with Gasteiger partial charge in [0.15, 0.2) is 0 Å². The van der Waals surface area contributed by atoms with Crippen molar-refractivity contribution in [1.29, 1.82) is 0 Å². The minimum Gasteiger partial charge on any atom is -0.368 e. The second-order valence-corrected chi connectivity index (χ2v) is 7.61. The van der Waals surface area contributed by atoms with Crippen LogP contribution in [0.25, 0.3) is 10.9 Å². The van der Waals surface area contributed by atoms with Crippen molar-refractivity contribution in [2.45, 2.75) is 25.4 Å². The first kappa shape index (κ1) is 19.8. The van der Waals surface area contributed by atoms with E-state index >= 15 is 0 Å². The van der Waals surface area contributed by atoms with E-state index in [1.807, 2.05) is 53.4 Å². The molecule has 7 heteroatoms. The Labute approximate surface area is 174 Å². The molecular weight excluding hydrogens is 380 g/mol. The average Bonchev–Trinajstić information content (AvgIpc) is 3.20. The number of hydrogen-bond donors (Lipinski definition) is 2. The Hall–Kier alpha value is -3.45. The van der Waals surface area contributed by atoms with Crippen LogP contribution in [-0.4, -0.2) is 33.9 Å². The standard InChI is InChI=1S/C23H24N4O3/c1-26-19-10-5-3-8-16(19)17(13-21(26)28)23(30)25-18-9-4-2-7-15(18)14-27-12-6-11-20(27)22(24)29/h2-5,7-10,13,20H,6,11-12,14H2,1H3,(H2,24,29)(H,25,30). The van der Waals surface area contributed by atoms with Gasteiger partial charge in [-0.15, -0.1) is 0 Å².